The summed E-state index contributed by atoms with van der Waals surface area (Å²) in [7, 11) is 0. The van der Waals surface area contributed by atoms with Crippen molar-refractivity contribution in [2.75, 3.05) is 0 Å². The molecule has 0 aliphatic carbocycles. The molecule has 0 bridgehead atoms. The van der Waals surface area contributed by atoms with Gasteiger partial charge in [0.1, 0.15) is 5.52 Å². The second-order valence-corrected chi connectivity index (χ2v) is 4.26. The number of fused-ring (bicyclic) bond motifs is 1. The van der Waals surface area contributed by atoms with Gasteiger partial charge in [-0.25, -0.2) is 4.98 Å². The van der Waals surface area contributed by atoms with Gasteiger partial charge < -0.3 is 4.42 Å². The van der Waals surface area contributed by atoms with Crippen molar-refractivity contribution >= 4 is 11.1 Å². The molecule has 86 valence electrons. The first-order valence-electron chi connectivity index (χ1n) is 6.21. The second-order valence-electron chi connectivity index (χ2n) is 4.26. The molecule has 1 heterocycles. The van der Waals surface area contributed by atoms with Crippen LogP contribution in [0.2, 0.25) is 0 Å². The Morgan fingerprint density at radius 3 is 2.75 bits per heavy atom. The minimum absolute atomic E-state index is 0.866. The van der Waals surface area contributed by atoms with Crippen LogP contribution in [-0.2, 0) is 12.8 Å². The van der Waals surface area contributed by atoms with E-state index in [2.05, 4.69) is 31.0 Å². The zero-order valence-corrected chi connectivity index (χ0v) is 10.1. The lowest BCUT2D eigenvalue weighted by Crippen LogP contribution is -1.84. The molecule has 1 aromatic carbocycles. The van der Waals surface area contributed by atoms with Crippen LogP contribution in [0.5, 0.6) is 0 Å². The molecule has 0 fully saturated rings. The number of nitrogens with zero attached hydrogens (tertiary/aromatic N) is 1. The maximum Gasteiger partial charge on any atom is 0.195 e. The third kappa shape index (κ3) is 2.43. The van der Waals surface area contributed by atoms with Crippen molar-refractivity contribution in [1.29, 1.82) is 0 Å². The third-order valence-corrected chi connectivity index (χ3v) is 2.78. The van der Waals surface area contributed by atoms with Crippen LogP contribution in [0, 0.1) is 0 Å². The van der Waals surface area contributed by atoms with Gasteiger partial charge in [-0.1, -0.05) is 26.3 Å². The van der Waals surface area contributed by atoms with E-state index < -0.39 is 0 Å². The van der Waals surface area contributed by atoms with Gasteiger partial charge in [0.15, 0.2) is 11.5 Å². The Morgan fingerprint density at radius 2 is 2.00 bits per heavy atom. The van der Waals surface area contributed by atoms with Crippen LogP contribution in [0.1, 0.15) is 44.6 Å². The number of benzene rings is 1. The van der Waals surface area contributed by atoms with E-state index in [1.54, 1.807) is 0 Å². The van der Waals surface area contributed by atoms with Gasteiger partial charge in [-0.2, -0.15) is 0 Å². The smallest absolute Gasteiger partial charge is 0.195 e. The molecule has 16 heavy (non-hydrogen) atoms. The Balaban J connectivity index is 2.23. The summed E-state index contributed by atoms with van der Waals surface area (Å²) in [6.07, 6.45) is 5.63. The fourth-order valence-corrected chi connectivity index (χ4v) is 1.88. The van der Waals surface area contributed by atoms with Crippen LogP contribution in [0.4, 0.5) is 0 Å². The van der Waals surface area contributed by atoms with Gasteiger partial charge in [0, 0.05) is 6.42 Å². The lowest BCUT2D eigenvalue weighted by molar-refractivity contribution is 0.525. The second kappa shape index (κ2) is 5.15. The summed E-state index contributed by atoms with van der Waals surface area (Å²) in [5, 5.41) is 0. The van der Waals surface area contributed by atoms with Gasteiger partial charge in [0.2, 0.25) is 0 Å². The Labute approximate surface area is 96.7 Å². The standard InChI is InChI=1S/C14H19NO/c1-3-5-7-11-8-9-13-12(10-11)15-14(16-13)6-4-2/h8-10H,3-7H2,1-2H3. The molecule has 0 spiro atoms. The lowest BCUT2D eigenvalue weighted by Gasteiger charge is -1.97. The average molecular weight is 217 g/mol. The van der Waals surface area contributed by atoms with E-state index >= 15 is 0 Å². The third-order valence-electron chi connectivity index (χ3n) is 2.78. The maximum atomic E-state index is 5.66. The predicted molar refractivity (Wildman–Crippen MR) is 66.6 cm³/mol. The number of unbranched alkanes of at least 4 members (excludes halogenated alkanes) is 1. The zero-order valence-electron chi connectivity index (χ0n) is 10.1. The SMILES string of the molecule is CCCCc1ccc2oc(CCC)nc2c1. The molecule has 0 radical (unpaired) electrons. The molecular formula is C14H19NO. The van der Waals surface area contributed by atoms with Crippen molar-refractivity contribution < 1.29 is 4.42 Å². The monoisotopic (exact) mass is 217 g/mol. The summed E-state index contributed by atoms with van der Waals surface area (Å²) in [6, 6.07) is 6.36. The Bertz CT molecular complexity index is 459. The fourth-order valence-electron chi connectivity index (χ4n) is 1.88. The molecule has 0 saturated heterocycles. The molecule has 0 saturated carbocycles. The van der Waals surface area contributed by atoms with Crippen molar-refractivity contribution in [3.8, 4) is 0 Å². The summed E-state index contributed by atoms with van der Waals surface area (Å²) in [6.45, 7) is 4.36. The predicted octanol–water partition coefficient (Wildman–Crippen LogP) is 4.12. The molecule has 0 aliphatic rings. The largest absolute Gasteiger partial charge is 0.441 e. The van der Waals surface area contributed by atoms with E-state index in [1.165, 1.54) is 18.4 Å². The molecule has 0 amide bonds. The summed E-state index contributed by atoms with van der Waals surface area (Å²) in [5.74, 6) is 0.866. The van der Waals surface area contributed by atoms with Crippen LogP contribution in [0.25, 0.3) is 11.1 Å². The van der Waals surface area contributed by atoms with E-state index in [0.29, 0.717) is 0 Å². The Morgan fingerprint density at radius 1 is 1.12 bits per heavy atom. The van der Waals surface area contributed by atoms with E-state index in [9.17, 15) is 0 Å². The molecule has 1 aromatic heterocycles. The summed E-state index contributed by atoms with van der Waals surface area (Å²) in [4.78, 5) is 4.50. The average Bonchev–Trinajstić information content (AvgIpc) is 2.68. The van der Waals surface area contributed by atoms with Crippen LogP contribution >= 0.6 is 0 Å². The first kappa shape index (κ1) is 11.2. The zero-order chi connectivity index (χ0) is 11.4. The van der Waals surface area contributed by atoms with Crippen molar-refractivity contribution in [1.82, 2.24) is 4.98 Å². The Hall–Kier alpha value is -1.31. The lowest BCUT2D eigenvalue weighted by atomic mass is 10.1. The van der Waals surface area contributed by atoms with Crippen molar-refractivity contribution in [3.05, 3.63) is 29.7 Å². The highest BCUT2D eigenvalue weighted by atomic mass is 16.3. The molecule has 2 aromatic rings. The van der Waals surface area contributed by atoms with Crippen LogP contribution < -0.4 is 0 Å². The van der Waals surface area contributed by atoms with E-state index in [4.69, 9.17) is 4.42 Å². The molecule has 2 rings (SSSR count). The van der Waals surface area contributed by atoms with Crippen molar-refractivity contribution in [2.24, 2.45) is 0 Å². The fraction of sp³-hybridized carbons (Fsp3) is 0.500. The van der Waals surface area contributed by atoms with Gasteiger partial charge in [0.05, 0.1) is 0 Å². The highest BCUT2D eigenvalue weighted by Crippen LogP contribution is 2.19. The number of oxazole rings is 1. The van der Waals surface area contributed by atoms with Gasteiger partial charge in [-0.05, 0) is 37.0 Å². The highest BCUT2D eigenvalue weighted by molar-refractivity contribution is 5.73. The molecule has 2 heteroatoms. The normalized spacial score (nSPS) is 11.1. The minimum atomic E-state index is 0.866. The summed E-state index contributed by atoms with van der Waals surface area (Å²) in [5.41, 5.74) is 3.30. The summed E-state index contributed by atoms with van der Waals surface area (Å²) >= 11 is 0. The molecule has 0 aliphatic heterocycles. The Kier molecular flexibility index (Phi) is 3.60. The van der Waals surface area contributed by atoms with E-state index in [0.717, 1.165) is 36.3 Å². The first-order valence-corrected chi connectivity index (χ1v) is 6.21. The number of aromatic nitrogens is 1. The minimum Gasteiger partial charge on any atom is -0.441 e. The van der Waals surface area contributed by atoms with Gasteiger partial charge >= 0.3 is 0 Å². The maximum absolute atomic E-state index is 5.66. The number of rotatable bonds is 5. The molecular weight excluding hydrogens is 198 g/mol. The van der Waals surface area contributed by atoms with E-state index in [1.807, 2.05) is 6.07 Å². The van der Waals surface area contributed by atoms with Gasteiger partial charge in [0.25, 0.3) is 0 Å². The molecule has 0 unspecified atom stereocenters. The molecule has 0 atom stereocenters. The van der Waals surface area contributed by atoms with Crippen molar-refractivity contribution in [2.45, 2.75) is 46.0 Å². The molecule has 2 nitrogen and oxygen atoms in total. The number of hydrogen-bond donors (Lipinski definition) is 0. The highest BCUT2D eigenvalue weighted by Gasteiger charge is 2.05. The van der Waals surface area contributed by atoms with Crippen LogP contribution in [-0.4, -0.2) is 4.98 Å². The van der Waals surface area contributed by atoms with Crippen molar-refractivity contribution in [3.63, 3.8) is 0 Å². The summed E-state index contributed by atoms with van der Waals surface area (Å²) < 4.78 is 5.66. The number of hydrogen-bond acceptors (Lipinski definition) is 2. The quantitative estimate of drug-likeness (QED) is 0.752. The van der Waals surface area contributed by atoms with Crippen LogP contribution in [0.15, 0.2) is 22.6 Å². The number of aryl methyl sites for hydroxylation is 2. The van der Waals surface area contributed by atoms with E-state index in [-0.39, 0.29) is 0 Å². The van der Waals surface area contributed by atoms with Gasteiger partial charge in [-0.3, -0.25) is 0 Å². The topological polar surface area (TPSA) is 26.0 Å². The van der Waals surface area contributed by atoms with Crippen LogP contribution in [0.3, 0.4) is 0 Å². The molecule has 0 N–H and O–H groups in total. The first-order chi connectivity index (χ1) is 7.83. The van der Waals surface area contributed by atoms with Gasteiger partial charge in [-0.15, -0.1) is 0 Å².